The van der Waals surface area contributed by atoms with Crippen molar-refractivity contribution in [1.82, 2.24) is 5.43 Å². The van der Waals surface area contributed by atoms with Crippen molar-refractivity contribution in [3.8, 4) is 5.75 Å². The van der Waals surface area contributed by atoms with Crippen LogP contribution < -0.4 is 15.5 Å². The van der Waals surface area contributed by atoms with E-state index >= 15 is 0 Å². The van der Waals surface area contributed by atoms with E-state index in [1.54, 1.807) is 24.3 Å². The van der Waals surface area contributed by atoms with Crippen LogP contribution in [0.25, 0.3) is 0 Å². The monoisotopic (exact) mass is 355 g/mol. The predicted octanol–water partition coefficient (Wildman–Crippen LogP) is 1.57. The van der Waals surface area contributed by atoms with Crippen LogP contribution in [0.15, 0.2) is 53.6 Å². The van der Waals surface area contributed by atoms with E-state index in [4.69, 9.17) is 4.74 Å². The largest absolute Gasteiger partial charge is 0.496 e. The number of nitrogens with zero attached hydrogens (tertiary/aromatic N) is 1. The van der Waals surface area contributed by atoms with Crippen molar-refractivity contribution in [2.45, 2.75) is 0 Å². The van der Waals surface area contributed by atoms with Gasteiger partial charge in [-0.05, 0) is 36.4 Å². The number of ether oxygens (including phenoxy) is 2. The second-order valence-corrected chi connectivity index (χ2v) is 4.96. The minimum atomic E-state index is -0.937. The molecule has 8 heteroatoms. The van der Waals surface area contributed by atoms with Crippen LogP contribution in [0.4, 0.5) is 5.69 Å². The Morgan fingerprint density at radius 1 is 0.962 bits per heavy atom. The van der Waals surface area contributed by atoms with Crippen LogP contribution in [0.3, 0.4) is 0 Å². The summed E-state index contributed by atoms with van der Waals surface area (Å²) in [6, 6.07) is 13.0. The van der Waals surface area contributed by atoms with E-state index in [9.17, 15) is 14.4 Å². The van der Waals surface area contributed by atoms with E-state index in [0.29, 0.717) is 22.6 Å². The number of benzene rings is 2. The summed E-state index contributed by atoms with van der Waals surface area (Å²) >= 11 is 0. The third-order valence-corrected chi connectivity index (χ3v) is 3.28. The molecular formula is C18H17N3O5. The summed E-state index contributed by atoms with van der Waals surface area (Å²) in [7, 11) is 2.79. The first-order valence-electron chi connectivity index (χ1n) is 7.51. The quantitative estimate of drug-likeness (QED) is 0.366. The van der Waals surface area contributed by atoms with E-state index in [1.165, 1.54) is 44.7 Å². The predicted molar refractivity (Wildman–Crippen MR) is 95.1 cm³/mol. The average molecular weight is 355 g/mol. The third-order valence-electron chi connectivity index (χ3n) is 3.28. The van der Waals surface area contributed by atoms with Crippen molar-refractivity contribution < 1.29 is 23.9 Å². The van der Waals surface area contributed by atoms with Crippen molar-refractivity contribution in [1.29, 1.82) is 0 Å². The molecule has 0 fully saturated rings. The zero-order valence-corrected chi connectivity index (χ0v) is 14.2. The fourth-order valence-corrected chi connectivity index (χ4v) is 1.98. The van der Waals surface area contributed by atoms with Gasteiger partial charge in [-0.2, -0.15) is 5.10 Å². The highest BCUT2D eigenvalue weighted by molar-refractivity contribution is 6.39. The lowest BCUT2D eigenvalue weighted by Gasteiger charge is -2.05. The van der Waals surface area contributed by atoms with Crippen LogP contribution in [-0.4, -0.2) is 38.2 Å². The maximum absolute atomic E-state index is 11.8. The Morgan fingerprint density at radius 3 is 2.31 bits per heavy atom. The number of esters is 1. The second kappa shape index (κ2) is 8.97. The lowest BCUT2D eigenvalue weighted by atomic mass is 10.2. The zero-order chi connectivity index (χ0) is 18.9. The molecule has 2 amide bonds. The molecule has 0 heterocycles. The van der Waals surface area contributed by atoms with Crippen LogP contribution >= 0.6 is 0 Å². The smallest absolute Gasteiger partial charge is 0.337 e. The fraction of sp³-hybridized carbons (Fsp3) is 0.111. The first-order valence-corrected chi connectivity index (χ1v) is 7.51. The highest BCUT2D eigenvalue weighted by Crippen LogP contribution is 2.14. The Balaban J connectivity index is 1.92. The minimum Gasteiger partial charge on any atom is -0.496 e. The standard InChI is InChI=1S/C18H17N3O5/c1-25-15-6-4-3-5-13(15)11-19-21-17(23)16(22)20-14-9-7-12(8-10-14)18(24)26-2/h3-11H,1-2H3,(H,20,22)(H,21,23)/b19-11+. The maximum Gasteiger partial charge on any atom is 0.337 e. The minimum absolute atomic E-state index is 0.330. The van der Waals surface area contributed by atoms with Gasteiger partial charge in [-0.15, -0.1) is 0 Å². The summed E-state index contributed by atoms with van der Waals surface area (Å²) in [4.78, 5) is 34.9. The van der Waals surface area contributed by atoms with E-state index in [0.717, 1.165) is 0 Å². The van der Waals surface area contributed by atoms with Crippen molar-refractivity contribution >= 4 is 29.7 Å². The number of rotatable bonds is 5. The maximum atomic E-state index is 11.8. The molecule has 0 aromatic heterocycles. The zero-order valence-electron chi connectivity index (χ0n) is 14.2. The Bertz CT molecular complexity index is 831. The van der Waals surface area contributed by atoms with Gasteiger partial charge in [0, 0.05) is 11.3 Å². The van der Waals surface area contributed by atoms with Crippen molar-refractivity contribution in [2.24, 2.45) is 5.10 Å². The topological polar surface area (TPSA) is 106 Å². The molecule has 8 nitrogen and oxygen atoms in total. The highest BCUT2D eigenvalue weighted by atomic mass is 16.5. The van der Waals surface area contributed by atoms with Crippen LogP contribution in [0.2, 0.25) is 0 Å². The number of hydrogen-bond acceptors (Lipinski definition) is 6. The van der Waals surface area contributed by atoms with Crippen molar-refractivity contribution in [3.63, 3.8) is 0 Å². The van der Waals surface area contributed by atoms with Gasteiger partial charge in [0.05, 0.1) is 26.0 Å². The Morgan fingerprint density at radius 2 is 1.65 bits per heavy atom. The molecule has 0 bridgehead atoms. The lowest BCUT2D eigenvalue weighted by molar-refractivity contribution is -0.136. The summed E-state index contributed by atoms with van der Waals surface area (Å²) in [6.07, 6.45) is 1.37. The Labute approximate surface area is 149 Å². The summed E-state index contributed by atoms with van der Waals surface area (Å²) in [5, 5.41) is 6.13. The summed E-state index contributed by atoms with van der Waals surface area (Å²) in [5.74, 6) is -1.74. The number of carbonyl (C=O) groups excluding carboxylic acids is 3. The van der Waals surface area contributed by atoms with Crippen LogP contribution in [0.1, 0.15) is 15.9 Å². The molecule has 2 rings (SSSR count). The molecule has 134 valence electrons. The highest BCUT2D eigenvalue weighted by Gasteiger charge is 2.13. The molecule has 2 aromatic carbocycles. The van der Waals surface area contributed by atoms with E-state index in [-0.39, 0.29) is 0 Å². The lowest BCUT2D eigenvalue weighted by Crippen LogP contribution is -2.32. The van der Waals surface area contributed by atoms with Crippen molar-refractivity contribution in [3.05, 3.63) is 59.7 Å². The molecule has 2 N–H and O–H groups in total. The van der Waals surface area contributed by atoms with Gasteiger partial charge in [0.2, 0.25) is 0 Å². The molecule has 0 aliphatic carbocycles. The number of methoxy groups -OCH3 is 2. The van der Waals surface area contributed by atoms with Gasteiger partial charge < -0.3 is 14.8 Å². The number of hydrogen-bond donors (Lipinski definition) is 2. The SMILES string of the molecule is COC(=O)c1ccc(NC(=O)C(=O)N/N=C/c2ccccc2OC)cc1. The molecule has 26 heavy (non-hydrogen) atoms. The number of nitrogens with one attached hydrogen (secondary N) is 2. The van der Waals surface area contributed by atoms with Gasteiger partial charge >= 0.3 is 17.8 Å². The molecule has 0 atom stereocenters. The molecule has 0 spiro atoms. The fourth-order valence-electron chi connectivity index (χ4n) is 1.98. The molecule has 0 unspecified atom stereocenters. The van der Waals surface area contributed by atoms with Gasteiger partial charge in [0.15, 0.2) is 0 Å². The number of para-hydroxylation sites is 1. The normalized spacial score (nSPS) is 10.2. The first-order chi connectivity index (χ1) is 12.5. The number of hydrazone groups is 1. The Hall–Kier alpha value is -3.68. The second-order valence-electron chi connectivity index (χ2n) is 4.96. The molecule has 2 aromatic rings. The molecule has 0 aliphatic heterocycles. The van der Waals surface area contributed by atoms with Crippen LogP contribution in [-0.2, 0) is 14.3 Å². The Kier molecular flexibility index (Phi) is 6.44. The number of anilines is 1. The summed E-state index contributed by atoms with van der Waals surface area (Å²) in [5.41, 5.74) is 3.46. The van der Waals surface area contributed by atoms with Crippen molar-refractivity contribution in [2.75, 3.05) is 19.5 Å². The van der Waals surface area contributed by atoms with Gasteiger partial charge in [-0.1, -0.05) is 12.1 Å². The molecule has 0 radical (unpaired) electrons. The van der Waals surface area contributed by atoms with Gasteiger partial charge in [-0.25, -0.2) is 10.2 Å². The molecular weight excluding hydrogens is 338 g/mol. The average Bonchev–Trinajstić information content (AvgIpc) is 2.68. The van der Waals surface area contributed by atoms with Crippen LogP contribution in [0.5, 0.6) is 5.75 Å². The van der Waals surface area contributed by atoms with E-state index in [2.05, 4.69) is 20.6 Å². The summed E-state index contributed by atoms with van der Waals surface area (Å²) in [6.45, 7) is 0. The van der Waals surface area contributed by atoms with Gasteiger partial charge in [-0.3, -0.25) is 9.59 Å². The van der Waals surface area contributed by atoms with E-state index in [1.807, 2.05) is 0 Å². The number of amides is 2. The molecule has 0 saturated carbocycles. The van der Waals surface area contributed by atoms with Gasteiger partial charge in [0.25, 0.3) is 0 Å². The van der Waals surface area contributed by atoms with Gasteiger partial charge in [0.1, 0.15) is 5.75 Å². The number of carbonyl (C=O) groups is 3. The van der Waals surface area contributed by atoms with E-state index < -0.39 is 17.8 Å². The molecule has 0 saturated heterocycles. The third kappa shape index (κ3) is 4.91. The van der Waals surface area contributed by atoms with Crippen LogP contribution in [0, 0.1) is 0 Å². The summed E-state index contributed by atoms with van der Waals surface area (Å²) < 4.78 is 9.73. The first kappa shape index (κ1) is 18.7. The molecule has 0 aliphatic rings.